The van der Waals surface area contributed by atoms with Crippen molar-refractivity contribution in [1.82, 2.24) is 19.9 Å². The summed E-state index contributed by atoms with van der Waals surface area (Å²) in [6, 6.07) is 7.78. The van der Waals surface area contributed by atoms with E-state index in [4.69, 9.17) is 4.98 Å². The highest BCUT2D eigenvalue weighted by Gasteiger charge is 2.28. The van der Waals surface area contributed by atoms with Crippen molar-refractivity contribution in [2.75, 3.05) is 13.1 Å². The van der Waals surface area contributed by atoms with Crippen LogP contribution in [0.5, 0.6) is 0 Å². The molecule has 0 saturated carbocycles. The topological polar surface area (TPSA) is 59.0 Å². The van der Waals surface area contributed by atoms with Gasteiger partial charge in [-0.15, -0.1) is 11.3 Å². The van der Waals surface area contributed by atoms with E-state index in [1.165, 1.54) is 11.3 Å². The Labute approximate surface area is 156 Å². The zero-order valence-electron chi connectivity index (χ0n) is 14.6. The van der Waals surface area contributed by atoms with Gasteiger partial charge in [-0.2, -0.15) is 0 Å². The first-order chi connectivity index (χ1) is 12.7. The maximum absolute atomic E-state index is 12.8. The fraction of sp³-hybridized carbons (Fsp3) is 0.300. The SMILES string of the molecule is Cc1ncc(-c2ccncc2)c([C@H]2CCCN(C(=O)c3cccs3)C2)n1. The fourth-order valence-corrected chi connectivity index (χ4v) is 4.18. The van der Waals surface area contributed by atoms with Crippen LogP contribution < -0.4 is 0 Å². The number of hydrogen-bond donors (Lipinski definition) is 0. The zero-order chi connectivity index (χ0) is 17.9. The third kappa shape index (κ3) is 3.37. The number of rotatable bonds is 3. The molecule has 0 N–H and O–H groups in total. The molecule has 1 fully saturated rings. The van der Waals surface area contributed by atoms with Gasteiger partial charge >= 0.3 is 0 Å². The van der Waals surface area contributed by atoms with Crippen LogP contribution in [0.2, 0.25) is 0 Å². The molecule has 1 amide bonds. The van der Waals surface area contributed by atoms with E-state index >= 15 is 0 Å². The van der Waals surface area contributed by atoms with E-state index in [9.17, 15) is 4.79 Å². The first-order valence-corrected chi connectivity index (χ1v) is 9.67. The summed E-state index contributed by atoms with van der Waals surface area (Å²) in [7, 11) is 0. The molecule has 0 radical (unpaired) electrons. The van der Waals surface area contributed by atoms with Crippen molar-refractivity contribution in [3.8, 4) is 11.1 Å². The lowest BCUT2D eigenvalue weighted by molar-refractivity contribution is 0.0711. The summed E-state index contributed by atoms with van der Waals surface area (Å²) in [5.41, 5.74) is 3.14. The second-order valence-electron chi connectivity index (χ2n) is 6.52. The number of likely N-dealkylation sites (tertiary alicyclic amines) is 1. The van der Waals surface area contributed by atoms with Gasteiger partial charge in [0.25, 0.3) is 5.91 Å². The maximum atomic E-state index is 12.8. The molecule has 1 aliphatic rings. The van der Waals surface area contributed by atoms with Crippen molar-refractivity contribution >= 4 is 17.2 Å². The largest absolute Gasteiger partial charge is 0.337 e. The molecular weight excluding hydrogens is 344 g/mol. The van der Waals surface area contributed by atoms with E-state index in [2.05, 4.69) is 9.97 Å². The standard InChI is InChI=1S/C20H20N4OS/c1-14-22-12-17(15-6-8-21-9-7-15)19(23-14)16-4-2-10-24(13-16)20(25)18-5-3-11-26-18/h3,5-9,11-12,16H,2,4,10,13H2,1H3/t16-/m0/s1. The van der Waals surface area contributed by atoms with Crippen LogP contribution >= 0.6 is 11.3 Å². The molecule has 26 heavy (non-hydrogen) atoms. The number of nitrogens with zero attached hydrogens (tertiary/aromatic N) is 4. The normalized spacial score (nSPS) is 17.3. The van der Waals surface area contributed by atoms with Crippen LogP contribution in [0.1, 0.15) is 39.9 Å². The molecule has 1 saturated heterocycles. The number of aromatic nitrogens is 3. The van der Waals surface area contributed by atoms with Crippen LogP contribution in [0.3, 0.4) is 0 Å². The second-order valence-corrected chi connectivity index (χ2v) is 7.47. The molecule has 3 aromatic rings. The Morgan fingerprint density at radius 3 is 2.88 bits per heavy atom. The lowest BCUT2D eigenvalue weighted by Crippen LogP contribution is -2.39. The molecule has 0 aromatic carbocycles. The highest BCUT2D eigenvalue weighted by Crippen LogP contribution is 2.33. The Kier molecular flexibility index (Phi) is 4.75. The summed E-state index contributed by atoms with van der Waals surface area (Å²) in [6.07, 6.45) is 7.48. The van der Waals surface area contributed by atoms with Crippen molar-refractivity contribution in [3.05, 3.63) is 64.6 Å². The summed E-state index contributed by atoms with van der Waals surface area (Å²) in [5, 5.41) is 1.95. The minimum atomic E-state index is 0.126. The van der Waals surface area contributed by atoms with E-state index in [0.29, 0.717) is 6.54 Å². The Morgan fingerprint density at radius 1 is 1.27 bits per heavy atom. The van der Waals surface area contributed by atoms with Gasteiger partial charge in [0.15, 0.2) is 0 Å². The van der Waals surface area contributed by atoms with Gasteiger partial charge in [0.2, 0.25) is 0 Å². The van der Waals surface area contributed by atoms with Crippen LogP contribution in [-0.2, 0) is 0 Å². The van der Waals surface area contributed by atoms with Gasteiger partial charge in [-0.05, 0) is 48.9 Å². The molecule has 0 unspecified atom stereocenters. The molecule has 5 nitrogen and oxygen atoms in total. The number of amides is 1. The minimum Gasteiger partial charge on any atom is -0.337 e. The Balaban J connectivity index is 1.65. The van der Waals surface area contributed by atoms with Crippen molar-refractivity contribution in [3.63, 3.8) is 0 Å². The maximum Gasteiger partial charge on any atom is 0.263 e. The van der Waals surface area contributed by atoms with Crippen molar-refractivity contribution in [2.45, 2.75) is 25.7 Å². The first kappa shape index (κ1) is 16.8. The van der Waals surface area contributed by atoms with E-state index in [1.807, 2.05) is 47.7 Å². The molecule has 0 spiro atoms. The molecular formula is C20H20N4OS. The Morgan fingerprint density at radius 2 is 2.12 bits per heavy atom. The van der Waals surface area contributed by atoms with Gasteiger partial charge in [0.1, 0.15) is 5.82 Å². The summed E-state index contributed by atoms with van der Waals surface area (Å²) in [4.78, 5) is 28.8. The third-order valence-corrected chi connectivity index (χ3v) is 5.62. The molecule has 4 heterocycles. The summed E-state index contributed by atoms with van der Waals surface area (Å²) < 4.78 is 0. The summed E-state index contributed by atoms with van der Waals surface area (Å²) in [5.74, 6) is 1.11. The fourth-order valence-electron chi connectivity index (χ4n) is 3.49. The predicted molar refractivity (Wildman–Crippen MR) is 102 cm³/mol. The number of carbonyl (C=O) groups is 1. The summed E-state index contributed by atoms with van der Waals surface area (Å²) >= 11 is 1.50. The number of thiophene rings is 1. The predicted octanol–water partition coefficient (Wildman–Crippen LogP) is 3.93. The molecule has 3 aromatic heterocycles. The van der Waals surface area contributed by atoms with Gasteiger partial charge < -0.3 is 4.90 Å². The van der Waals surface area contributed by atoms with Crippen molar-refractivity contribution in [2.24, 2.45) is 0 Å². The monoisotopic (exact) mass is 364 g/mol. The van der Waals surface area contributed by atoms with E-state index in [0.717, 1.165) is 46.9 Å². The first-order valence-electron chi connectivity index (χ1n) is 8.79. The van der Waals surface area contributed by atoms with Gasteiger partial charge in [0.05, 0.1) is 10.6 Å². The van der Waals surface area contributed by atoms with E-state index in [1.54, 1.807) is 12.4 Å². The van der Waals surface area contributed by atoms with Gasteiger partial charge in [-0.1, -0.05) is 6.07 Å². The number of piperidine rings is 1. The highest BCUT2D eigenvalue weighted by molar-refractivity contribution is 7.12. The smallest absolute Gasteiger partial charge is 0.263 e. The quantitative estimate of drug-likeness (QED) is 0.706. The van der Waals surface area contributed by atoms with Gasteiger partial charge in [0, 0.05) is 43.2 Å². The lowest BCUT2D eigenvalue weighted by Gasteiger charge is -2.33. The van der Waals surface area contributed by atoms with Crippen LogP contribution in [0.15, 0.2) is 48.2 Å². The molecule has 1 aliphatic heterocycles. The van der Waals surface area contributed by atoms with E-state index in [-0.39, 0.29) is 11.8 Å². The summed E-state index contributed by atoms with van der Waals surface area (Å²) in [6.45, 7) is 3.42. The number of hydrogen-bond acceptors (Lipinski definition) is 5. The van der Waals surface area contributed by atoms with E-state index < -0.39 is 0 Å². The van der Waals surface area contributed by atoms with Crippen molar-refractivity contribution < 1.29 is 4.79 Å². The van der Waals surface area contributed by atoms with Crippen LogP contribution in [0.25, 0.3) is 11.1 Å². The van der Waals surface area contributed by atoms with Gasteiger partial charge in [-0.25, -0.2) is 9.97 Å². The van der Waals surface area contributed by atoms with Gasteiger partial charge in [-0.3, -0.25) is 9.78 Å². The minimum absolute atomic E-state index is 0.126. The van der Waals surface area contributed by atoms with Crippen LogP contribution in [0.4, 0.5) is 0 Å². The second kappa shape index (κ2) is 7.33. The van der Waals surface area contributed by atoms with Crippen LogP contribution in [-0.4, -0.2) is 38.8 Å². The molecule has 4 rings (SSSR count). The zero-order valence-corrected chi connectivity index (χ0v) is 15.4. The molecule has 1 atom stereocenters. The lowest BCUT2D eigenvalue weighted by atomic mass is 9.90. The molecule has 132 valence electrons. The van der Waals surface area contributed by atoms with Crippen molar-refractivity contribution in [1.29, 1.82) is 0 Å². The molecule has 6 heteroatoms. The molecule has 0 bridgehead atoms. The number of pyridine rings is 1. The average Bonchev–Trinajstić information content (AvgIpc) is 3.23. The molecule has 0 aliphatic carbocycles. The van der Waals surface area contributed by atoms with Crippen LogP contribution in [0, 0.1) is 6.92 Å². The Bertz CT molecular complexity index is 895. The number of carbonyl (C=O) groups excluding carboxylic acids is 1. The Hall–Kier alpha value is -2.60. The third-order valence-electron chi connectivity index (χ3n) is 4.76. The highest BCUT2D eigenvalue weighted by atomic mass is 32.1. The number of aryl methyl sites for hydroxylation is 1. The average molecular weight is 364 g/mol.